The van der Waals surface area contributed by atoms with Crippen LogP contribution in [-0.4, -0.2) is 21.5 Å². The molecule has 6 heteroatoms. The Bertz CT molecular complexity index is 732. The van der Waals surface area contributed by atoms with Gasteiger partial charge in [0, 0.05) is 37.3 Å². The van der Waals surface area contributed by atoms with Gasteiger partial charge in [-0.05, 0) is 20.8 Å². The molecular formula is C14H18N4O2. The van der Waals surface area contributed by atoms with Crippen molar-refractivity contribution in [1.29, 1.82) is 5.41 Å². The first kappa shape index (κ1) is 14.0. The SMILES string of the molecule is Cn1cc2c(=O)oc(/C(C=N)=C/NC(C)(C)C)cc2n1. The van der Waals surface area contributed by atoms with Gasteiger partial charge in [0.2, 0.25) is 0 Å². The zero-order valence-electron chi connectivity index (χ0n) is 12.0. The molecule has 0 aliphatic rings. The Hall–Kier alpha value is -2.37. The second-order valence-electron chi connectivity index (χ2n) is 5.64. The Morgan fingerprint density at radius 1 is 1.50 bits per heavy atom. The predicted molar refractivity (Wildman–Crippen MR) is 78.9 cm³/mol. The molecule has 0 aromatic carbocycles. The van der Waals surface area contributed by atoms with Gasteiger partial charge < -0.3 is 15.1 Å². The molecule has 0 saturated carbocycles. The third-order valence-electron chi connectivity index (χ3n) is 2.65. The van der Waals surface area contributed by atoms with E-state index < -0.39 is 5.63 Å². The number of nitrogens with zero attached hydrogens (tertiary/aromatic N) is 2. The molecule has 0 aliphatic heterocycles. The van der Waals surface area contributed by atoms with E-state index in [0.29, 0.717) is 22.2 Å². The van der Waals surface area contributed by atoms with Crippen LogP contribution in [0.1, 0.15) is 26.5 Å². The normalized spacial score (nSPS) is 12.7. The highest BCUT2D eigenvalue weighted by atomic mass is 16.4. The molecule has 0 spiro atoms. The first-order chi connectivity index (χ1) is 9.30. The van der Waals surface area contributed by atoms with Gasteiger partial charge in [-0.3, -0.25) is 4.68 Å². The van der Waals surface area contributed by atoms with Crippen molar-refractivity contribution >= 4 is 22.7 Å². The minimum Gasteiger partial charge on any atom is -0.422 e. The summed E-state index contributed by atoms with van der Waals surface area (Å²) in [6.45, 7) is 6.01. The number of hydrogen-bond donors (Lipinski definition) is 2. The number of allylic oxidation sites excluding steroid dienone is 1. The van der Waals surface area contributed by atoms with Crippen LogP contribution in [0.2, 0.25) is 0 Å². The number of aryl methyl sites for hydroxylation is 1. The fourth-order valence-electron chi connectivity index (χ4n) is 1.70. The molecule has 0 bridgehead atoms. The highest BCUT2D eigenvalue weighted by molar-refractivity contribution is 6.07. The lowest BCUT2D eigenvalue weighted by atomic mass is 10.1. The number of rotatable bonds is 3. The van der Waals surface area contributed by atoms with Gasteiger partial charge in [-0.1, -0.05) is 0 Å². The Morgan fingerprint density at radius 3 is 2.80 bits per heavy atom. The molecule has 20 heavy (non-hydrogen) atoms. The van der Waals surface area contributed by atoms with Gasteiger partial charge in [-0.15, -0.1) is 0 Å². The number of nitrogens with one attached hydrogen (secondary N) is 2. The van der Waals surface area contributed by atoms with E-state index in [1.54, 1.807) is 30.2 Å². The maximum Gasteiger partial charge on any atom is 0.347 e. The van der Waals surface area contributed by atoms with Crippen molar-refractivity contribution in [3.05, 3.63) is 34.6 Å². The van der Waals surface area contributed by atoms with Crippen LogP contribution in [0.25, 0.3) is 16.5 Å². The third kappa shape index (κ3) is 2.96. The highest BCUT2D eigenvalue weighted by Gasteiger charge is 2.12. The molecule has 0 radical (unpaired) electrons. The summed E-state index contributed by atoms with van der Waals surface area (Å²) in [5.41, 5.74) is 0.463. The minimum absolute atomic E-state index is 0.135. The van der Waals surface area contributed by atoms with Gasteiger partial charge in [-0.2, -0.15) is 5.10 Å². The maximum atomic E-state index is 11.9. The minimum atomic E-state index is -0.450. The molecular weight excluding hydrogens is 256 g/mol. The van der Waals surface area contributed by atoms with Crippen molar-refractivity contribution < 1.29 is 4.42 Å². The van der Waals surface area contributed by atoms with Gasteiger partial charge >= 0.3 is 5.63 Å². The van der Waals surface area contributed by atoms with Crippen LogP contribution >= 0.6 is 0 Å². The Morgan fingerprint density at radius 2 is 2.20 bits per heavy atom. The summed E-state index contributed by atoms with van der Waals surface area (Å²) in [6, 6.07) is 1.66. The van der Waals surface area contributed by atoms with Crippen LogP contribution in [0.3, 0.4) is 0 Å². The summed E-state index contributed by atoms with van der Waals surface area (Å²) in [5.74, 6) is 0.327. The maximum absolute atomic E-state index is 11.9. The van der Waals surface area contributed by atoms with E-state index in [-0.39, 0.29) is 5.54 Å². The van der Waals surface area contributed by atoms with Crippen LogP contribution < -0.4 is 10.9 Å². The van der Waals surface area contributed by atoms with Crippen LogP contribution in [-0.2, 0) is 7.05 Å². The van der Waals surface area contributed by atoms with E-state index in [9.17, 15) is 4.79 Å². The van der Waals surface area contributed by atoms with Crippen molar-refractivity contribution in [3.63, 3.8) is 0 Å². The molecule has 6 nitrogen and oxygen atoms in total. The van der Waals surface area contributed by atoms with Crippen molar-refractivity contribution in [2.45, 2.75) is 26.3 Å². The number of fused-ring (bicyclic) bond motifs is 1. The van der Waals surface area contributed by atoms with E-state index >= 15 is 0 Å². The predicted octanol–water partition coefficient (Wildman–Crippen LogP) is 1.91. The lowest BCUT2D eigenvalue weighted by Gasteiger charge is -2.19. The van der Waals surface area contributed by atoms with Gasteiger partial charge in [-0.25, -0.2) is 4.79 Å². The molecule has 2 aromatic rings. The molecule has 0 amide bonds. The number of hydrogen-bond acceptors (Lipinski definition) is 5. The van der Waals surface area contributed by atoms with Gasteiger partial charge in [0.05, 0.1) is 5.57 Å². The monoisotopic (exact) mass is 274 g/mol. The van der Waals surface area contributed by atoms with Crippen molar-refractivity contribution in [2.75, 3.05) is 0 Å². The smallest absolute Gasteiger partial charge is 0.347 e. The Balaban J connectivity index is 2.50. The summed E-state index contributed by atoms with van der Waals surface area (Å²) in [5, 5.41) is 15.2. The fraction of sp³-hybridized carbons (Fsp3) is 0.357. The van der Waals surface area contributed by atoms with Gasteiger partial charge in [0.15, 0.2) is 0 Å². The van der Waals surface area contributed by atoms with Crippen molar-refractivity contribution in [2.24, 2.45) is 7.05 Å². The number of aromatic nitrogens is 2. The van der Waals surface area contributed by atoms with E-state index in [1.807, 2.05) is 20.8 Å². The molecule has 2 aromatic heterocycles. The standard InChI is InChI=1S/C14H18N4O2/c1-14(2,3)16-7-9(6-15)12-5-11-10(13(19)20-12)8-18(4)17-11/h5-8,15-16H,1-4H3/b9-7+,15-6?. The zero-order chi connectivity index (χ0) is 14.9. The molecule has 0 fully saturated rings. The first-order valence-corrected chi connectivity index (χ1v) is 6.26. The summed E-state index contributed by atoms with van der Waals surface area (Å²) in [4.78, 5) is 11.9. The van der Waals surface area contributed by atoms with Crippen LogP contribution in [0.4, 0.5) is 0 Å². The van der Waals surface area contributed by atoms with E-state index in [0.717, 1.165) is 6.21 Å². The largest absolute Gasteiger partial charge is 0.422 e. The van der Waals surface area contributed by atoms with Crippen molar-refractivity contribution in [1.82, 2.24) is 15.1 Å². The summed E-state index contributed by atoms with van der Waals surface area (Å²) < 4.78 is 6.82. The quantitative estimate of drug-likeness (QED) is 0.837. The van der Waals surface area contributed by atoms with Crippen LogP contribution in [0, 0.1) is 5.41 Å². The topological polar surface area (TPSA) is 83.9 Å². The highest BCUT2D eigenvalue weighted by Crippen LogP contribution is 2.16. The molecule has 0 saturated heterocycles. The van der Waals surface area contributed by atoms with E-state index in [4.69, 9.17) is 9.83 Å². The van der Waals surface area contributed by atoms with Gasteiger partial charge in [0.25, 0.3) is 0 Å². The van der Waals surface area contributed by atoms with E-state index in [1.165, 1.54) is 0 Å². The fourth-order valence-corrected chi connectivity index (χ4v) is 1.70. The second-order valence-corrected chi connectivity index (χ2v) is 5.64. The summed E-state index contributed by atoms with van der Waals surface area (Å²) in [7, 11) is 1.74. The molecule has 2 N–H and O–H groups in total. The lowest BCUT2D eigenvalue weighted by molar-refractivity contribution is 0.488. The Labute approximate surface area is 116 Å². The average Bonchev–Trinajstić information content (AvgIpc) is 2.69. The van der Waals surface area contributed by atoms with E-state index in [2.05, 4.69) is 10.4 Å². The van der Waals surface area contributed by atoms with Crippen LogP contribution in [0.5, 0.6) is 0 Å². The summed E-state index contributed by atoms with van der Waals surface area (Å²) in [6.07, 6.45) is 4.43. The molecule has 2 rings (SSSR count). The Kier molecular flexibility index (Phi) is 3.48. The summed E-state index contributed by atoms with van der Waals surface area (Å²) >= 11 is 0. The molecule has 0 atom stereocenters. The van der Waals surface area contributed by atoms with Gasteiger partial charge in [0.1, 0.15) is 16.7 Å². The lowest BCUT2D eigenvalue weighted by Crippen LogP contribution is -2.31. The molecule has 0 aliphatic carbocycles. The third-order valence-corrected chi connectivity index (χ3v) is 2.65. The first-order valence-electron chi connectivity index (χ1n) is 6.26. The molecule has 106 valence electrons. The average molecular weight is 274 g/mol. The zero-order valence-corrected chi connectivity index (χ0v) is 12.0. The molecule has 2 heterocycles. The second kappa shape index (κ2) is 4.96. The van der Waals surface area contributed by atoms with Crippen molar-refractivity contribution in [3.8, 4) is 0 Å². The molecule has 0 unspecified atom stereocenters. The van der Waals surface area contributed by atoms with Crippen LogP contribution in [0.15, 0.2) is 27.7 Å².